The molecule has 0 amide bonds. The highest BCUT2D eigenvalue weighted by molar-refractivity contribution is 14.0. The summed E-state index contributed by atoms with van der Waals surface area (Å²) in [5.74, 6) is 1.25. The summed E-state index contributed by atoms with van der Waals surface area (Å²) in [6.07, 6.45) is 1.70. The molecule has 178 valence electrons. The van der Waals surface area contributed by atoms with Gasteiger partial charge in [-0.05, 0) is 58.6 Å². The van der Waals surface area contributed by atoms with Crippen LogP contribution in [0, 0.1) is 5.92 Å². The SMILES string of the molecule is CN=C(NCCN(C(C)C)C(C)C)NCC1CCN(S(=O)(=O)c2ccccc2)CC1.I. The summed E-state index contributed by atoms with van der Waals surface area (Å²) in [5, 5.41) is 6.80. The Morgan fingerprint density at radius 3 is 2.19 bits per heavy atom. The second kappa shape index (κ2) is 13.6. The summed E-state index contributed by atoms with van der Waals surface area (Å²) in [6, 6.07) is 9.73. The fourth-order valence-corrected chi connectivity index (χ4v) is 5.46. The molecule has 7 nitrogen and oxygen atoms in total. The molecule has 2 N–H and O–H groups in total. The highest BCUT2D eigenvalue weighted by atomic mass is 127. The fraction of sp³-hybridized carbons (Fsp3) is 0.682. The maximum Gasteiger partial charge on any atom is 0.243 e. The van der Waals surface area contributed by atoms with E-state index in [9.17, 15) is 8.42 Å². The molecule has 1 fully saturated rings. The fourth-order valence-electron chi connectivity index (χ4n) is 3.97. The van der Waals surface area contributed by atoms with Crippen LogP contribution in [0.4, 0.5) is 0 Å². The molecule has 0 spiro atoms. The van der Waals surface area contributed by atoms with Crippen molar-refractivity contribution in [3.63, 3.8) is 0 Å². The van der Waals surface area contributed by atoms with Crippen molar-refractivity contribution in [3.05, 3.63) is 30.3 Å². The Morgan fingerprint density at radius 2 is 1.68 bits per heavy atom. The van der Waals surface area contributed by atoms with Gasteiger partial charge in [-0.1, -0.05) is 18.2 Å². The molecule has 1 aliphatic rings. The number of aliphatic imine (C=N–C) groups is 1. The lowest BCUT2D eigenvalue weighted by atomic mass is 9.98. The van der Waals surface area contributed by atoms with Crippen LogP contribution in [-0.4, -0.2) is 75.4 Å². The zero-order valence-electron chi connectivity index (χ0n) is 19.5. The zero-order chi connectivity index (χ0) is 22.1. The van der Waals surface area contributed by atoms with Crippen LogP contribution in [0.1, 0.15) is 40.5 Å². The van der Waals surface area contributed by atoms with E-state index in [2.05, 4.69) is 48.2 Å². The summed E-state index contributed by atoms with van der Waals surface area (Å²) in [4.78, 5) is 7.15. The molecule has 0 aromatic heterocycles. The Balaban J connectivity index is 0.00000480. The Kier molecular flexibility index (Phi) is 12.3. The topological polar surface area (TPSA) is 77.0 Å². The van der Waals surface area contributed by atoms with Gasteiger partial charge in [-0.15, -0.1) is 24.0 Å². The van der Waals surface area contributed by atoms with Gasteiger partial charge in [-0.2, -0.15) is 4.31 Å². The third-order valence-corrected chi connectivity index (χ3v) is 7.64. The first-order valence-corrected chi connectivity index (χ1v) is 12.4. The van der Waals surface area contributed by atoms with Gasteiger partial charge in [0.05, 0.1) is 4.90 Å². The minimum atomic E-state index is -3.38. The van der Waals surface area contributed by atoms with E-state index in [4.69, 9.17) is 0 Å². The first-order valence-electron chi connectivity index (χ1n) is 11.0. The first-order chi connectivity index (χ1) is 14.3. The molecule has 2 rings (SSSR count). The van der Waals surface area contributed by atoms with Crippen molar-refractivity contribution < 1.29 is 8.42 Å². The van der Waals surface area contributed by atoms with Crippen LogP contribution in [0.15, 0.2) is 40.2 Å². The normalized spacial score (nSPS) is 16.6. The van der Waals surface area contributed by atoms with Gasteiger partial charge in [0.1, 0.15) is 0 Å². The Hall–Kier alpha value is -0.910. The summed E-state index contributed by atoms with van der Waals surface area (Å²) in [5.41, 5.74) is 0. The number of guanidine groups is 1. The molecule has 0 atom stereocenters. The lowest BCUT2D eigenvalue weighted by Gasteiger charge is -2.32. The molecule has 1 aromatic carbocycles. The Bertz CT molecular complexity index is 755. The summed E-state index contributed by atoms with van der Waals surface area (Å²) in [6.45, 7) is 12.6. The van der Waals surface area contributed by atoms with Gasteiger partial charge in [0, 0.05) is 51.9 Å². The molecule has 0 bridgehead atoms. The van der Waals surface area contributed by atoms with Crippen LogP contribution in [0.5, 0.6) is 0 Å². The van der Waals surface area contributed by atoms with E-state index in [0.29, 0.717) is 36.0 Å². The molecule has 0 saturated carbocycles. The number of hydrogen-bond acceptors (Lipinski definition) is 4. The predicted octanol–water partition coefficient (Wildman–Crippen LogP) is 2.99. The number of benzene rings is 1. The smallest absolute Gasteiger partial charge is 0.243 e. The molecule has 0 aliphatic carbocycles. The largest absolute Gasteiger partial charge is 0.356 e. The second-order valence-corrected chi connectivity index (χ2v) is 10.4. The predicted molar refractivity (Wildman–Crippen MR) is 140 cm³/mol. The summed E-state index contributed by atoms with van der Waals surface area (Å²) < 4.78 is 27.1. The number of nitrogens with zero attached hydrogens (tertiary/aromatic N) is 3. The van der Waals surface area contributed by atoms with E-state index in [1.165, 1.54) is 0 Å². The minimum absolute atomic E-state index is 0. The molecule has 0 unspecified atom stereocenters. The lowest BCUT2D eigenvalue weighted by molar-refractivity contribution is 0.178. The van der Waals surface area contributed by atoms with Crippen LogP contribution in [0.25, 0.3) is 0 Å². The van der Waals surface area contributed by atoms with Crippen LogP contribution in [0.3, 0.4) is 0 Å². The zero-order valence-corrected chi connectivity index (χ0v) is 22.7. The van der Waals surface area contributed by atoms with Gasteiger partial charge in [0.25, 0.3) is 0 Å². The van der Waals surface area contributed by atoms with Gasteiger partial charge in [-0.3, -0.25) is 9.89 Å². The van der Waals surface area contributed by atoms with Crippen molar-refractivity contribution >= 4 is 40.0 Å². The molecule has 9 heteroatoms. The van der Waals surface area contributed by atoms with Crippen molar-refractivity contribution in [1.82, 2.24) is 19.8 Å². The quantitative estimate of drug-likeness (QED) is 0.274. The highest BCUT2D eigenvalue weighted by Gasteiger charge is 2.29. The van der Waals surface area contributed by atoms with Crippen LogP contribution >= 0.6 is 24.0 Å². The molecule has 1 aromatic rings. The number of rotatable bonds is 9. The van der Waals surface area contributed by atoms with E-state index in [1.807, 2.05) is 6.07 Å². The standard InChI is InChI=1S/C22H39N5O2S.HI/c1-18(2)27(19(3)4)16-13-24-22(23-5)25-17-20-11-14-26(15-12-20)30(28,29)21-9-7-6-8-10-21;/h6-10,18-20H,11-17H2,1-5H3,(H2,23,24,25);1H. The summed E-state index contributed by atoms with van der Waals surface area (Å²) in [7, 11) is -1.60. The average Bonchev–Trinajstić information content (AvgIpc) is 2.73. The molecular formula is C22H40IN5O2S. The molecule has 1 saturated heterocycles. The van der Waals surface area contributed by atoms with Crippen molar-refractivity contribution in [2.75, 3.05) is 39.8 Å². The second-order valence-electron chi connectivity index (χ2n) is 8.47. The highest BCUT2D eigenvalue weighted by Crippen LogP contribution is 2.23. The third-order valence-electron chi connectivity index (χ3n) is 5.73. The molecule has 0 radical (unpaired) electrons. The minimum Gasteiger partial charge on any atom is -0.356 e. The molecular weight excluding hydrogens is 525 g/mol. The maximum atomic E-state index is 12.8. The Labute approximate surface area is 206 Å². The number of halogens is 1. The van der Waals surface area contributed by atoms with E-state index >= 15 is 0 Å². The third kappa shape index (κ3) is 8.51. The molecule has 31 heavy (non-hydrogen) atoms. The van der Waals surface area contributed by atoms with Crippen molar-refractivity contribution in [2.24, 2.45) is 10.9 Å². The Morgan fingerprint density at radius 1 is 1.10 bits per heavy atom. The average molecular weight is 566 g/mol. The van der Waals surface area contributed by atoms with Gasteiger partial charge < -0.3 is 10.6 Å². The lowest BCUT2D eigenvalue weighted by Crippen LogP contribution is -2.47. The van der Waals surface area contributed by atoms with E-state index in [-0.39, 0.29) is 24.0 Å². The molecule has 1 heterocycles. The van der Waals surface area contributed by atoms with Gasteiger partial charge in [-0.25, -0.2) is 8.42 Å². The first kappa shape index (κ1) is 28.1. The number of nitrogens with one attached hydrogen (secondary N) is 2. The van der Waals surface area contributed by atoms with Crippen LogP contribution < -0.4 is 10.6 Å². The van der Waals surface area contributed by atoms with Crippen molar-refractivity contribution in [3.8, 4) is 0 Å². The van der Waals surface area contributed by atoms with Gasteiger partial charge >= 0.3 is 0 Å². The number of sulfonamides is 1. The van der Waals surface area contributed by atoms with E-state index in [0.717, 1.165) is 38.4 Å². The van der Waals surface area contributed by atoms with Gasteiger partial charge in [0.15, 0.2) is 5.96 Å². The maximum absolute atomic E-state index is 12.8. The number of hydrogen-bond donors (Lipinski definition) is 2. The van der Waals surface area contributed by atoms with Crippen molar-refractivity contribution in [2.45, 2.75) is 57.5 Å². The number of piperidine rings is 1. The van der Waals surface area contributed by atoms with Crippen LogP contribution in [0.2, 0.25) is 0 Å². The summed E-state index contributed by atoms with van der Waals surface area (Å²) >= 11 is 0. The van der Waals surface area contributed by atoms with Crippen molar-refractivity contribution in [1.29, 1.82) is 0 Å². The monoisotopic (exact) mass is 565 g/mol. The van der Waals surface area contributed by atoms with E-state index in [1.54, 1.807) is 35.6 Å². The molecule has 1 aliphatic heterocycles. The van der Waals surface area contributed by atoms with E-state index < -0.39 is 10.0 Å². The van der Waals surface area contributed by atoms with Crippen LogP contribution in [-0.2, 0) is 10.0 Å². The van der Waals surface area contributed by atoms with Gasteiger partial charge in [0.2, 0.25) is 10.0 Å².